The number of rotatable bonds is 2. The second-order valence-corrected chi connectivity index (χ2v) is 4.25. The van der Waals surface area contributed by atoms with Gasteiger partial charge in [-0.25, -0.2) is 0 Å². The van der Waals surface area contributed by atoms with Crippen molar-refractivity contribution in [3.05, 3.63) is 59.7 Å². The molecule has 3 nitrogen and oxygen atoms in total. The molecule has 0 aliphatic heterocycles. The van der Waals surface area contributed by atoms with Gasteiger partial charge >= 0.3 is 0 Å². The molecule has 3 rings (SSSR count). The Kier molecular flexibility index (Phi) is 2.73. The molecule has 18 heavy (non-hydrogen) atoms. The Labute approximate surface area is 105 Å². The third kappa shape index (κ3) is 1.84. The standard InChI is InChI=1S/C15H13NO2/c17-16-13-10-9-11-5-4-8-14(15(11)13)18-12-6-2-1-3-7-12/h1-8,17H,9-10H2/b16-13-. The van der Waals surface area contributed by atoms with Gasteiger partial charge in [-0.15, -0.1) is 0 Å². The largest absolute Gasteiger partial charge is 0.457 e. The van der Waals surface area contributed by atoms with Crippen molar-refractivity contribution in [2.24, 2.45) is 5.16 Å². The number of para-hydroxylation sites is 1. The summed E-state index contributed by atoms with van der Waals surface area (Å²) in [5.41, 5.74) is 2.82. The number of fused-ring (bicyclic) bond motifs is 1. The van der Waals surface area contributed by atoms with E-state index in [2.05, 4.69) is 5.16 Å². The molecule has 0 saturated heterocycles. The number of aryl methyl sites for hydroxylation is 1. The molecule has 1 N–H and O–H groups in total. The fraction of sp³-hybridized carbons (Fsp3) is 0.133. The van der Waals surface area contributed by atoms with E-state index in [0.717, 1.165) is 29.9 Å². The first-order valence-electron chi connectivity index (χ1n) is 5.94. The van der Waals surface area contributed by atoms with Gasteiger partial charge in [0.15, 0.2) is 0 Å². The average Bonchev–Trinajstić information content (AvgIpc) is 2.84. The van der Waals surface area contributed by atoms with Gasteiger partial charge in [-0.1, -0.05) is 35.5 Å². The molecule has 0 spiro atoms. The number of hydrogen-bond acceptors (Lipinski definition) is 3. The molecule has 3 heteroatoms. The van der Waals surface area contributed by atoms with E-state index < -0.39 is 0 Å². The molecule has 2 aromatic rings. The summed E-state index contributed by atoms with van der Waals surface area (Å²) in [6, 6.07) is 15.5. The number of oxime groups is 1. The lowest BCUT2D eigenvalue weighted by Gasteiger charge is -2.10. The second kappa shape index (κ2) is 4.53. The maximum atomic E-state index is 9.04. The van der Waals surface area contributed by atoms with Crippen molar-refractivity contribution in [3.63, 3.8) is 0 Å². The van der Waals surface area contributed by atoms with Crippen molar-refractivity contribution in [2.75, 3.05) is 0 Å². The van der Waals surface area contributed by atoms with Crippen LogP contribution in [-0.2, 0) is 6.42 Å². The van der Waals surface area contributed by atoms with Gasteiger partial charge < -0.3 is 9.94 Å². The van der Waals surface area contributed by atoms with Crippen molar-refractivity contribution < 1.29 is 9.94 Å². The summed E-state index contributed by atoms with van der Waals surface area (Å²) in [7, 11) is 0. The van der Waals surface area contributed by atoms with Gasteiger partial charge in [0.2, 0.25) is 0 Å². The number of benzene rings is 2. The molecule has 0 heterocycles. The van der Waals surface area contributed by atoms with Crippen LogP contribution in [0.25, 0.3) is 0 Å². The summed E-state index contributed by atoms with van der Waals surface area (Å²) in [5.74, 6) is 1.54. The zero-order valence-corrected chi connectivity index (χ0v) is 9.84. The van der Waals surface area contributed by atoms with E-state index >= 15 is 0 Å². The molecule has 0 amide bonds. The lowest BCUT2D eigenvalue weighted by molar-refractivity contribution is 0.318. The van der Waals surface area contributed by atoms with Gasteiger partial charge in [0.25, 0.3) is 0 Å². The molecule has 1 aliphatic carbocycles. The summed E-state index contributed by atoms with van der Waals surface area (Å²) in [6.07, 6.45) is 1.67. The Bertz CT molecular complexity index is 591. The first-order chi connectivity index (χ1) is 8.88. The van der Waals surface area contributed by atoms with E-state index in [-0.39, 0.29) is 0 Å². The third-order valence-corrected chi connectivity index (χ3v) is 3.12. The highest BCUT2D eigenvalue weighted by molar-refractivity contribution is 6.06. The Balaban J connectivity index is 2.02. The maximum absolute atomic E-state index is 9.04. The SMILES string of the molecule is O/N=C1/CCc2cccc(Oc3ccccc3)c21. The van der Waals surface area contributed by atoms with Gasteiger partial charge in [-0.2, -0.15) is 0 Å². The number of hydrogen-bond donors (Lipinski definition) is 1. The van der Waals surface area contributed by atoms with Gasteiger partial charge in [0.1, 0.15) is 11.5 Å². The molecule has 90 valence electrons. The highest BCUT2D eigenvalue weighted by Gasteiger charge is 2.22. The fourth-order valence-corrected chi connectivity index (χ4v) is 2.29. The van der Waals surface area contributed by atoms with Crippen LogP contribution >= 0.6 is 0 Å². The van der Waals surface area contributed by atoms with E-state index in [9.17, 15) is 0 Å². The Morgan fingerprint density at radius 3 is 2.56 bits per heavy atom. The van der Waals surface area contributed by atoms with Crippen LogP contribution in [0.3, 0.4) is 0 Å². The Morgan fingerprint density at radius 1 is 0.944 bits per heavy atom. The molecular formula is C15H13NO2. The van der Waals surface area contributed by atoms with Crippen LogP contribution in [0.2, 0.25) is 0 Å². The quantitative estimate of drug-likeness (QED) is 0.642. The zero-order chi connectivity index (χ0) is 12.4. The molecule has 0 saturated carbocycles. The minimum atomic E-state index is 0.705. The summed E-state index contributed by atoms with van der Waals surface area (Å²) >= 11 is 0. The smallest absolute Gasteiger partial charge is 0.136 e. The van der Waals surface area contributed by atoms with Crippen LogP contribution in [0.5, 0.6) is 11.5 Å². The van der Waals surface area contributed by atoms with Crippen molar-refractivity contribution in [3.8, 4) is 11.5 Å². The van der Waals surface area contributed by atoms with Crippen molar-refractivity contribution in [1.82, 2.24) is 0 Å². The van der Waals surface area contributed by atoms with Crippen LogP contribution in [0.1, 0.15) is 17.5 Å². The van der Waals surface area contributed by atoms with E-state index in [1.54, 1.807) is 0 Å². The van der Waals surface area contributed by atoms with E-state index in [4.69, 9.17) is 9.94 Å². The van der Waals surface area contributed by atoms with Crippen LogP contribution < -0.4 is 4.74 Å². The van der Waals surface area contributed by atoms with Crippen LogP contribution in [0.15, 0.2) is 53.7 Å². The average molecular weight is 239 g/mol. The van der Waals surface area contributed by atoms with E-state index in [1.807, 2.05) is 48.5 Å². The summed E-state index contributed by atoms with van der Waals surface area (Å²) < 4.78 is 5.86. The molecule has 0 aromatic heterocycles. The molecule has 0 atom stereocenters. The van der Waals surface area contributed by atoms with Crippen molar-refractivity contribution in [1.29, 1.82) is 0 Å². The lowest BCUT2D eigenvalue weighted by Crippen LogP contribution is -1.98. The van der Waals surface area contributed by atoms with Gasteiger partial charge in [0, 0.05) is 5.56 Å². The van der Waals surface area contributed by atoms with Gasteiger partial charge in [0.05, 0.1) is 5.71 Å². The molecule has 1 aliphatic rings. The monoisotopic (exact) mass is 239 g/mol. The maximum Gasteiger partial charge on any atom is 0.136 e. The summed E-state index contributed by atoms with van der Waals surface area (Å²) in [4.78, 5) is 0. The van der Waals surface area contributed by atoms with Gasteiger partial charge in [-0.3, -0.25) is 0 Å². The molecule has 0 unspecified atom stereocenters. The summed E-state index contributed by atoms with van der Waals surface area (Å²) in [6.45, 7) is 0. The summed E-state index contributed by atoms with van der Waals surface area (Å²) in [5, 5.41) is 12.4. The first kappa shape index (κ1) is 10.8. The minimum Gasteiger partial charge on any atom is -0.457 e. The van der Waals surface area contributed by atoms with Crippen LogP contribution in [0.4, 0.5) is 0 Å². The molecule has 2 aromatic carbocycles. The van der Waals surface area contributed by atoms with Crippen molar-refractivity contribution >= 4 is 5.71 Å². The second-order valence-electron chi connectivity index (χ2n) is 4.25. The number of ether oxygens (including phenoxy) is 1. The normalized spacial score (nSPS) is 15.7. The zero-order valence-electron chi connectivity index (χ0n) is 9.84. The first-order valence-corrected chi connectivity index (χ1v) is 5.94. The highest BCUT2D eigenvalue weighted by Crippen LogP contribution is 2.33. The van der Waals surface area contributed by atoms with E-state index in [0.29, 0.717) is 5.71 Å². The predicted octanol–water partition coefficient (Wildman–Crippen LogP) is 3.60. The third-order valence-electron chi connectivity index (χ3n) is 3.12. The predicted molar refractivity (Wildman–Crippen MR) is 69.6 cm³/mol. The molecule has 0 fully saturated rings. The number of nitrogens with zero attached hydrogens (tertiary/aromatic N) is 1. The Hall–Kier alpha value is -2.29. The van der Waals surface area contributed by atoms with Gasteiger partial charge in [-0.05, 0) is 36.6 Å². The van der Waals surface area contributed by atoms with E-state index in [1.165, 1.54) is 5.56 Å². The Morgan fingerprint density at radius 2 is 1.78 bits per heavy atom. The lowest BCUT2D eigenvalue weighted by atomic mass is 10.1. The fourth-order valence-electron chi connectivity index (χ4n) is 2.29. The van der Waals surface area contributed by atoms with Crippen LogP contribution in [-0.4, -0.2) is 10.9 Å². The molecular weight excluding hydrogens is 226 g/mol. The van der Waals surface area contributed by atoms with Crippen molar-refractivity contribution in [2.45, 2.75) is 12.8 Å². The minimum absolute atomic E-state index is 0.705. The topological polar surface area (TPSA) is 41.8 Å². The highest BCUT2D eigenvalue weighted by atomic mass is 16.5. The molecule has 0 bridgehead atoms. The molecule has 0 radical (unpaired) electrons. The van der Waals surface area contributed by atoms with Crippen LogP contribution in [0, 0.1) is 0 Å².